The molecule has 2 N–H and O–H groups in total. The van der Waals surface area contributed by atoms with Gasteiger partial charge >= 0.3 is 0 Å². The van der Waals surface area contributed by atoms with Crippen molar-refractivity contribution in [2.24, 2.45) is 11.7 Å². The lowest BCUT2D eigenvalue weighted by atomic mass is 9.82. The van der Waals surface area contributed by atoms with Crippen LogP contribution >= 0.6 is 0 Å². The van der Waals surface area contributed by atoms with E-state index in [0.717, 1.165) is 37.9 Å². The minimum atomic E-state index is -3.55. The number of fused-ring (bicyclic) bond motifs is 3. The van der Waals surface area contributed by atoms with Gasteiger partial charge in [0, 0.05) is 24.2 Å². The Balaban J connectivity index is 1.48. The van der Waals surface area contributed by atoms with Crippen molar-refractivity contribution >= 4 is 15.7 Å². The molecule has 3 heterocycles. The number of unbranched alkanes of at least 4 members (excludes halogenated alkanes) is 3. The minimum Gasteiger partial charge on any atom is -0.378 e. The van der Waals surface area contributed by atoms with Crippen LogP contribution in [0.2, 0.25) is 0 Å². The van der Waals surface area contributed by atoms with Crippen LogP contribution in [0.1, 0.15) is 79.9 Å². The highest BCUT2D eigenvalue weighted by Gasteiger charge is 2.39. The maximum absolute atomic E-state index is 13.6. The maximum Gasteiger partial charge on any atom is 0.274 e. The first-order valence-electron chi connectivity index (χ1n) is 13.5. The second-order valence-corrected chi connectivity index (χ2v) is 12.4. The lowest BCUT2D eigenvalue weighted by molar-refractivity contribution is 0.0297. The maximum atomic E-state index is 13.6. The number of aromatic nitrogens is 2. The second-order valence-electron chi connectivity index (χ2n) is 10.5. The summed E-state index contributed by atoms with van der Waals surface area (Å²) in [4.78, 5) is 15.7. The molecule has 2 unspecified atom stereocenters. The summed E-state index contributed by atoms with van der Waals surface area (Å²) in [6.07, 6.45) is 10.3. The Hall–Kier alpha value is -2.23. The number of morpholine rings is 1. The number of hydrogen-bond acceptors (Lipinski definition) is 6. The van der Waals surface area contributed by atoms with Crippen LogP contribution in [-0.4, -0.2) is 61.9 Å². The van der Waals surface area contributed by atoms with E-state index >= 15 is 0 Å². The Morgan fingerprint density at radius 3 is 2.67 bits per heavy atom. The Morgan fingerprint density at radius 1 is 1.08 bits per heavy atom. The smallest absolute Gasteiger partial charge is 0.274 e. The fourth-order valence-electron chi connectivity index (χ4n) is 6.12. The fourth-order valence-corrected chi connectivity index (χ4v) is 7.72. The van der Waals surface area contributed by atoms with Crippen molar-refractivity contribution in [3.63, 3.8) is 0 Å². The van der Waals surface area contributed by atoms with Gasteiger partial charge < -0.3 is 15.4 Å². The molecule has 1 aliphatic carbocycles. The Bertz CT molecular complexity index is 1190. The van der Waals surface area contributed by atoms with Crippen molar-refractivity contribution in [3.05, 3.63) is 35.5 Å². The van der Waals surface area contributed by atoms with Crippen molar-refractivity contribution in [2.45, 2.75) is 74.5 Å². The monoisotopic (exact) mass is 514 g/mol. The molecule has 36 heavy (non-hydrogen) atoms. The van der Waals surface area contributed by atoms with Crippen LogP contribution in [0, 0.1) is 5.92 Å². The van der Waals surface area contributed by atoms with E-state index in [4.69, 9.17) is 15.6 Å². The van der Waals surface area contributed by atoms with Crippen LogP contribution in [0.15, 0.2) is 29.2 Å². The zero-order chi connectivity index (χ0) is 25.1. The SMILES string of the molecule is NCCCCCCC1CCCC(n2nc(C(=O)N3CCOCC3)c3c2-c2ccccc2S(=O)(=O)C3)C1. The number of amides is 1. The van der Waals surface area contributed by atoms with E-state index < -0.39 is 9.84 Å². The fraction of sp³-hybridized carbons (Fsp3) is 0.630. The predicted octanol–water partition coefficient (Wildman–Crippen LogP) is 3.95. The van der Waals surface area contributed by atoms with E-state index in [1.807, 2.05) is 16.8 Å². The molecular formula is C27H38N4O4S. The molecule has 2 atom stereocenters. The molecule has 1 saturated heterocycles. The van der Waals surface area contributed by atoms with Gasteiger partial charge in [-0.05, 0) is 37.8 Å². The van der Waals surface area contributed by atoms with Crippen LogP contribution in [-0.2, 0) is 20.3 Å². The van der Waals surface area contributed by atoms with Crippen molar-refractivity contribution in [2.75, 3.05) is 32.8 Å². The molecule has 0 spiro atoms. The van der Waals surface area contributed by atoms with Crippen molar-refractivity contribution in [1.29, 1.82) is 0 Å². The first kappa shape index (κ1) is 25.4. The molecule has 1 aromatic heterocycles. The quantitative estimate of drug-likeness (QED) is 0.535. The summed E-state index contributed by atoms with van der Waals surface area (Å²) in [5.74, 6) is 0.264. The molecule has 1 amide bonds. The first-order valence-corrected chi connectivity index (χ1v) is 15.2. The highest BCUT2D eigenvalue weighted by Crippen LogP contribution is 2.44. The molecule has 0 radical (unpaired) electrons. The lowest BCUT2D eigenvalue weighted by Crippen LogP contribution is -2.41. The summed E-state index contributed by atoms with van der Waals surface area (Å²) in [7, 11) is -3.55. The molecule has 3 aliphatic rings. The summed E-state index contributed by atoms with van der Waals surface area (Å²) >= 11 is 0. The Kier molecular flexibility index (Phi) is 7.79. The standard InChI is InChI=1S/C27H38N4O4S/c28-13-6-2-1-3-8-20-9-7-10-21(18-20)31-26-22-11-4-5-12-24(22)36(33,34)19-23(26)25(29-31)27(32)30-14-16-35-17-15-30/h4-5,11-12,20-21H,1-3,6-10,13-19,28H2. The molecule has 2 fully saturated rings. The zero-order valence-corrected chi connectivity index (χ0v) is 21.8. The van der Waals surface area contributed by atoms with E-state index in [1.54, 1.807) is 17.0 Å². The van der Waals surface area contributed by atoms with Gasteiger partial charge in [-0.3, -0.25) is 9.48 Å². The number of nitrogens with two attached hydrogens (primary N) is 1. The molecule has 5 rings (SSSR count). The topological polar surface area (TPSA) is 108 Å². The van der Waals surface area contributed by atoms with E-state index in [9.17, 15) is 13.2 Å². The number of hydrogen-bond donors (Lipinski definition) is 1. The zero-order valence-electron chi connectivity index (χ0n) is 21.0. The number of ether oxygens (including phenoxy) is 1. The molecule has 9 heteroatoms. The molecule has 2 aliphatic heterocycles. The van der Waals surface area contributed by atoms with Gasteiger partial charge in [-0.25, -0.2) is 8.42 Å². The average molecular weight is 515 g/mol. The van der Waals surface area contributed by atoms with Crippen molar-refractivity contribution in [1.82, 2.24) is 14.7 Å². The predicted molar refractivity (Wildman–Crippen MR) is 138 cm³/mol. The molecule has 2 aromatic rings. The summed E-state index contributed by atoms with van der Waals surface area (Å²) < 4.78 is 33.9. The summed E-state index contributed by atoms with van der Waals surface area (Å²) in [5.41, 5.74) is 8.00. The summed E-state index contributed by atoms with van der Waals surface area (Å²) in [6, 6.07) is 7.35. The molecule has 1 saturated carbocycles. The van der Waals surface area contributed by atoms with Gasteiger partial charge in [0.1, 0.15) is 0 Å². The van der Waals surface area contributed by atoms with Gasteiger partial charge in [0.05, 0.1) is 35.6 Å². The van der Waals surface area contributed by atoms with Crippen LogP contribution < -0.4 is 5.73 Å². The van der Waals surface area contributed by atoms with E-state index in [2.05, 4.69) is 0 Å². The van der Waals surface area contributed by atoms with Crippen LogP contribution in [0.4, 0.5) is 0 Å². The van der Waals surface area contributed by atoms with Gasteiger partial charge in [-0.1, -0.05) is 56.7 Å². The summed E-state index contributed by atoms with van der Waals surface area (Å²) in [6.45, 7) is 2.74. The Labute approximate surface area is 214 Å². The number of benzene rings is 1. The minimum absolute atomic E-state index is 0.168. The van der Waals surface area contributed by atoms with Gasteiger partial charge in [-0.15, -0.1) is 0 Å². The van der Waals surface area contributed by atoms with Crippen LogP contribution in [0.5, 0.6) is 0 Å². The van der Waals surface area contributed by atoms with E-state index in [-0.39, 0.29) is 17.7 Å². The molecule has 0 bridgehead atoms. The van der Waals surface area contributed by atoms with Gasteiger partial charge in [0.25, 0.3) is 5.91 Å². The largest absolute Gasteiger partial charge is 0.378 e. The molecule has 1 aromatic carbocycles. The summed E-state index contributed by atoms with van der Waals surface area (Å²) in [5, 5.41) is 4.92. The second kappa shape index (κ2) is 11.0. The Morgan fingerprint density at radius 2 is 1.86 bits per heavy atom. The highest BCUT2D eigenvalue weighted by atomic mass is 32.2. The third kappa shape index (κ3) is 5.10. The third-order valence-electron chi connectivity index (χ3n) is 7.99. The number of carbonyl (C=O) groups is 1. The van der Waals surface area contributed by atoms with Gasteiger partial charge in [0.2, 0.25) is 0 Å². The first-order chi connectivity index (χ1) is 17.5. The number of rotatable bonds is 8. The average Bonchev–Trinajstić information content (AvgIpc) is 3.27. The third-order valence-corrected chi connectivity index (χ3v) is 9.68. The van der Waals surface area contributed by atoms with Crippen molar-refractivity contribution in [3.8, 4) is 11.3 Å². The number of carbonyl (C=O) groups excluding carboxylic acids is 1. The number of nitrogens with zero attached hydrogens (tertiary/aromatic N) is 3. The molecule has 8 nitrogen and oxygen atoms in total. The highest BCUT2D eigenvalue weighted by molar-refractivity contribution is 7.90. The van der Waals surface area contributed by atoms with E-state index in [1.165, 1.54) is 32.1 Å². The molecular weight excluding hydrogens is 476 g/mol. The van der Waals surface area contributed by atoms with E-state index in [0.29, 0.717) is 53.9 Å². The molecule has 196 valence electrons. The van der Waals surface area contributed by atoms with Crippen molar-refractivity contribution < 1.29 is 17.9 Å². The van der Waals surface area contributed by atoms with Gasteiger partial charge in [0.15, 0.2) is 15.5 Å². The van der Waals surface area contributed by atoms with Crippen LogP contribution in [0.3, 0.4) is 0 Å². The normalized spacial score (nSPS) is 23.2. The van der Waals surface area contributed by atoms with Gasteiger partial charge in [-0.2, -0.15) is 5.10 Å². The lowest BCUT2D eigenvalue weighted by Gasteiger charge is -2.31. The van der Waals surface area contributed by atoms with Crippen LogP contribution in [0.25, 0.3) is 11.3 Å². The number of sulfone groups is 1.